The van der Waals surface area contributed by atoms with Gasteiger partial charge in [0.1, 0.15) is 11.4 Å². The molecule has 0 radical (unpaired) electrons. The van der Waals surface area contributed by atoms with Gasteiger partial charge >= 0.3 is 0 Å². The number of benzene rings is 2. The third kappa shape index (κ3) is 3.16. The fraction of sp³-hybridized carbons (Fsp3) is 0.211. The molecule has 0 bridgehead atoms. The number of hydrogen-bond acceptors (Lipinski definition) is 6. The van der Waals surface area contributed by atoms with E-state index < -0.39 is 0 Å². The first-order valence-electron chi connectivity index (χ1n) is 8.62. The Labute approximate surface area is 152 Å². The van der Waals surface area contributed by atoms with Crippen molar-refractivity contribution in [1.82, 2.24) is 15.9 Å². The van der Waals surface area contributed by atoms with E-state index in [4.69, 9.17) is 0 Å². The van der Waals surface area contributed by atoms with Crippen LogP contribution in [-0.4, -0.2) is 42.1 Å². The van der Waals surface area contributed by atoms with Crippen molar-refractivity contribution in [3.05, 3.63) is 66.5 Å². The predicted molar refractivity (Wildman–Crippen MR) is 100 cm³/mol. The monoisotopic (exact) mass is 351 g/mol. The second kappa shape index (κ2) is 6.97. The van der Waals surface area contributed by atoms with Gasteiger partial charge in [0, 0.05) is 32.4 Å². The van der Waals surface area contributed by atoms with Crippen LogP contribution in [-0.2, 0) is 4.79 Å². The number of rotatable bonds is 3. The van der Waals surface area contributed by atoms with E-state index in [2.05, 4.69) is 20.8 Å². The summed E-state index contributed by atoms with van der Waals surface area (Å²) in [5.41, 5.74) is 7.86. The molecule has 134 valence electrons. The number of anilines is 2. The third-order valence-corrected chi connectivity index (χ3v) is 4.61. The van der Waals surface area contributed by atoms with Crippen LogP contribution in [0.3, 0.4) is 0 Å². The van der Waals surface area contributed by atoms with Crippen LogP contribution in [0, 0.1) is 0 Å². The Kier molecular flexibility index (Phi) is 4.37. The van der Waals surface area contributed by atoms with Gasteiger partial charge in [-0.3, -0.25) is 15.2 Å². The van der Waals surface area contributed by atoms with E-state index in [1.54, 1.807) is 11.1 Å². The Morgan fingerprint density at radius 2 is 1.62 bits per heavy atom. The lowest BCUT2D eigenvalue weighted by molar-refractivity contribution is -0.116. The maximum absolute atomic E-state index is 12.2. The molecule has 1 amide bonds. The van der Waals surface area contributed by atoms with E-state index in [9.17, 15) is 9.90 Å². The highest BCUT2D eigenvalue weighted by molar-refractivity contribution is 5.98. The number of aromatic hydroxyl groups is 1. The van der Waals surface area contributed by atoms with Crippen LogP contribution in [0.25, 0.3) is 0 Å². The minimum Gasteiger partial charge on any atom is -0.506 e. The summed E-state index contributed by atoms with van der Waals surface area (Å²) in [6.45, 7) is 3.10. The maximum atomic E-state index is 12.2. The number of carbonyl (C=O) groups is 1. The molecule has 7 nitrogen and oxygen atoms in total. The van der Waals surface area contributed by atoms with Crippen LogP contribution in [0.5, 0.6) is 5.75 Å². The van der Waals surface area contributed by atoms with Crippen LogP contribution in [0.2, 0.25) is 0 Å². The van der Waals surface area contributed by atoms with Crippen molar-refractivity contribution in [2.45, 2.75) is 0 Å². The standard InChI is InChI=1S/C19H21N5O2/c25-18-9-5-4-8-16(18)23-12-10-22(11-13-23)14-17-19(26)20-21-24(17)15-6-2-1-3-7-15/h1-9,14,21,25H,10-13H2,(H,20,26). The zero-order chi connectivity index (χ0) is 17.9. The minimum absolute atomic E-state index is 0.156. The summed E-state index contributed by atoms with van der Waals surface area (Å²) in [5.74, 6) is 0.144. The summed E-state index contributed by atoms with van der Waals surface area (Å²) in [5, 5.41) is 11.8. The molecule has 26 heavy (non-hydrogen) atoms. The van der Waals surface area contributed by atoms with Gasteiger partial charge in [0.25, 0.3) is 5.91 Å². The molecule has 2 fully saturated rings. The molecule has 2 aliphatic rings. The number of para-hydroxylation sites is 3. The number of phenols is 1. The van der Waals surface area contributed by atoms with Gasteiger partial charge in [-0.1, -0.05) is 30.3 Å². The molecule has 2 aliphatic heterocycles. The van der Waals surface area contributed by atoms with Crippen LogP contribution in [0.4, 0.5) is 11.4 Å². The summed E-state index contributed by atoms with van der Waals surface area (Å²) in [7, 11) is 0. The van der Waals surface area contributed by atoms with Gasteiger partial charge in [-0.05, 0) is 24.3 Å². The van der Waals surface area contributed by atoms with E-state index in [0.717, 1.165) is 37.6 Å². The van der Waals surface area contributed by atoms with Gasteiger partial charge < -0.3 is 14.9 Å². The molecule has 2 aromatic rings. The molecule has 4 rings (SSSR count). The van der Waals surface area contributed by atoms with Crippen molar-refractivity contribution in [3.63, 3.8) is 0 Å². The van der Waals surface area contributed by atoms with Crippen molar-refractivity contribution >= 4 is 17.3 Å². The highest BCUT2D eigenvalue weighted by Crippen LogP contribution is 2.27. The number of amides is 1. The summed E-state index contributed by atoms with van der Waals surface area (Å²) in [4.78, 5) is 16.5. The van der Waals surface area contributed by atoms with Gasteiger partial charge in [-0.2, -0.15) is 0 Å². The number of nitrogens with zero attached hydrogens (tertiary/aromatic N) is 3. The molecular weight excluding hydrogens is 330 g/mol. The molecule has 0 unspecified atom stereocenters. The van der Waals surface area contributed by atoms with E-state index in [0.29, 0.717) is 11.4 Å². The quantitative estimate of drug-likeness (QED) is 0.727. The molecule has 2 aromatic carbocycles. The Bertz CT molecular complexity index is 816. The Morgan fingerprint density at radius 1 is 0.923 bits per heavy atom. The van der Waals surface area contributed by atoms with E-state index in [1.165, 1.54) is 0 Å². The number of carbonyl (C=O) groups excluding carboxylic acids is 1. The van der Waals surface area contributed by atoms with Crippen LogP contribution >= 0.6 is 0 Å². The number of phenolic OH excluding ortho intramolecular Hbond substituents is 1. The molecule has 0 spiro atoms. The summed E-state index contributed by atoms with van der Waals surface area (Å²) in [6.07, 6.45) is 1.89. The lowest BCUT2D eigenvalue weighted by Crippen LogP contribution is -2.44. The fourth-order valence-electron chi connectivity index (χ4n) is 3.23. The van der Waals surface area contributed by atoms with Gasteiger partial charge in [0.2, 0.25) is 0 Å². The van der Waals surface area contributed by atoms with Gasteiger partial charge in [-0.15, -0.1) is 5.53 Å². The first-order valence-corrected chi connectivity index (χ1v) is 8.62. The van der Waals surface area contributed by atoms with Gasteiger partial charge in [-0.25, -0.2) is 0 Å². The third-order valence-electron chi connectivity index (χ3n) is 4.61. The number of piperazine rings is 1. The van der Waals surface area contributed by atoms with E-state index >= 15 is 0 Å². The Balaban J connectivity index is 1.47. The molecule has 0 saturated carbocycles. The molecular formula is C19H21N5O2. The maximum Gasteiger partial charge on any atom is 0.286 e. The van der Waals surface area contributed by atoms with Crippen molar-refractivity contribution in [3.8, 4) is 5.75 Å². The average molecular weight is 351 g/mol. The molecule has 0 aromatic heterocycles. The lowest BCUT2D eigenvalue weighted by atomic mass is 10.2. The number of nitrogens with one attached hydrogen (secondary N) is 2. The summed E-state index contributed by atoms with van der Waals surface area (Å²) < 4.78 is 0. The smallest absolute Gasteiger partial charge is 0.286 e. The van der Waals surface area contributed by atoms with Crippen molar-refractivity contribution in [1.29, 1.82) is 0 Å². The average Bonchev–Trinajstić information content (AvgIpc) is 3.04. The predicted octanol–water partition coefficient (Wildman–Crippen LogP) is 1.41. The molecule has 7 heteroatoms. The zero-order valence-electron chi connectivity index (χ0n) is 14.3. The van der Waals surface area contributed by atoms with Crippen molar-refractivity contribution in [2.24, 2.45) is 0 Å². The first kappa shape index (κ1) is 16.3. The molecule has 0 aliphatic carbocycles. The zero-order valence-corrected chi connectivity index (χ0v) is 14.3. The SMILES string of the molecule is O=C1NNN(c2ccccc2)C1=CN1CCN(c2ccccc2O)CC1. The normalized spacial score (nSPS) is 19.2. The first-order chi connectivity index (χ1) is 12.7. The topological polar surface area (TPSA) is 71.1 Å². The van der Waals surface area contributed by atoms with Crippen molar-refractivity contribution < 1.29 is 9.90 Å². The fourth-order valence-corrected chi connectivity index (χ4v) is 3.23. The molecule has 2 heterocycles. The lowest BCUT2D eigenvalue weighted by Gasteiger charge is -2.36. The molecule has 0 atom stereocenters. The Morgan fingerprint density at radius 3 is 2.35 bits per heavy atom. The second-order valence-electron chi connectivity index (χ2n) is 6.26. The molecule has 2 saturated heterocycles. The Hall–Kier alpha value is -3.19. The minimum atomic E-state index is -0.156. The van der Waals surface area contributed by atoms with Crippen LogP contribution < -0.4 is 20.9 Å². The van der Waals surface area contributed by atoms with E-state index in [-0.39, 0.29) is 5.91 Å². The highest BCUT2D eigenvalue weighted by atomic mass is 16.3. The second-order valence-corrected chi connectivity index (χ2v) is 6.26. The van der Waals surface area contributed by atoms with Gasteiger partial charge in [0.15, 0.2) is 0 Å². The number of hydrogen-bond donors (Lipinski definition) is 3. The highest BCUT2D eigenvalue weighted by Gasteiger charge is 2.28. The molecule has 3 N–H and O–H groups in total. The largest absolute Gasteiger partial charge is 0.506 e. The van der Waals surface area contributed by atoms with E-state index in [1.807, 2.05) is 54.7 Å². The van der Waals surface area contributed by atoms with Gasteiger partial charge in [0.05, 0.1) is 11.4 Å². The summed E-state index contributed by atoms with van der Waals surface area (Å²) in [6, 6.07) is 17.1. The van der Waals surface area contributed by atoms with Crippen LogP contribution in [0.15, 0.2) is 66.5 Å². The van der Waals surface area contributed by atoms with Crippen molar-refractivity contribution in [2.75, 3.05) is 36.1 Å². The van der Waals surface area contributed by atoms with Crippen LogP contribution in [0.1, 0.15) is 0 Å². The summed E-state index contributed by atoms with van der Waals surface area (Å²) >= 11 is 0. The number of hydrazine groups is 2.